The van der Waals surface area contributed by atoms with Gasteiger partial charge >= 0.3 is 11.9 Å². The zero-order chi connectivity index (χ0) is 18.7. The Hall–Kier alpha value is -3.29. The van der Waals surface area contributed by atoms with E-state index in [1.54, 1.807) is 24.3 Å². The monoisotopic (exact) mass is 345 g/mol. The predicted molar refractivity (Wildman–Crippen MR) is 94.4 cm³/mol. The minimum atomic E-state index is -1.52. The predicted octanol–water partition coefficient (Wildman–Crippen LogP) is 1.87. The molecular formula is C17H19N3O5. The SMILES string of the molecule is CCN(CC)c1ccc(-c2c(C(=O)O)c(N)[nH]c(=O)c2C(=O)O)cc1. The zero-order valence-corrected chi connectivity index (χ0v) is 13.9. The largest absolute Gasteiger partial charge is 0.478 e. The van der Waals surface area contributed by atoms with Gasteiger partial charge in [-0.25, -0.2) is 9.59 Å². The summed E-state index contributed by atoms with van der Waals surface area (Å²) in [5.74, 6) is -3.32. The lowest BCUT2D eigenvalue weighted by Gasteiger charge is -2.21. The summed E-state index contributed by atoms with van der Waals surface area (Å²) < 4.78 is 0. The Morgan fingerprint density at radius 2 is 1.56 bits per heavy atom. The smallest absolute Gasteiger partial charge is 0.342 e. The molecule has 8 heteroatoms. The van der Waals surface area contributed by atoms with Crippen LogP contribution in [-0.2, 0) is 0 Å². The van der Waals surface area contributed by atoms with Gasteiger partial charge in [-0.2, -0.15) is 0 Å². The van der Waals surface area contributed by atoms with Crippen LogP contribution in [0.25, 0.3) is 11.1 Å². The highest BCUT2D eigenvalue weighted by molar-refractivity contribution is 6.07. The van der Waals surface area contributed by atoms with Gasteiger partial charge in [0, 0.05) is 24.3 Å². The number of hydrogen-bond donors (Lipinski definition) is 4. The van der Waals surface area contributed by atoms with Crippen LogP contribution in [0.3, 0.4) is 0 Å². The lowest BCUT2D eigenvalue weighted by molar-refractivity contribution is 0.0695. The first-order chi connectivity index (χ1) is 11.8. The molecule has 5 N–H and O–H groups in total. The second-order valence-corrected chi connectivity index (χ2v) is 5.32. The number of hydrogen-bond acceptors (Lipinski definition) is 5. The normalized spacial score (nSPS) is 10.5. The van der Waals surface area contributed by atoms with E-state index in [2.05, 4.69) is 9.88 Å². The van der Waals surface area contributed by atoms with Gasteiger partial charge in [-0.3, -0.25) is 4.79 Å². The van der Waals surface area contributed by atoms with Crippen LogP contribution in [0.1, 0.15) is 34.6 Å². The van der Waals surface area contributed by atoms with Crippen LogP contribution in [0.5, 0.6) is 0 Å². The van der Waals surface area contributed by atoms with E-state index in [1.807, 2.05) is 13.8 Å². The molecule has 8 nitrogen and oxygen atoms in total. The molecule has 0 bridgehead atoms. The molecular weight excluding hydrogens is 326 g/mol. The second kappa shape index (κ2) is 7.08. The molecule has 0 atom stereocenters. The number of aromatic carboxylic acids is 2. The highest BCUT2D eigenvalue weighted by atomic mass is 16.4. The summed E-state index contributed by atoms with van der Waals surface area (Å²) in [6.45, 7) is 5.57. The maximum atomic E-state index is 12.0. The molecule has 0 amide bonds. The molecule has 0 saturated carbocycles. The summed E-state index contributed by atoms with van der Waals surface area (Å²) in [6, 6.07) is 6.66. The van der Waals surface area contributed by atoms with Gasteiger partial charge in [-0.1, -0.05) is 12.1 Å². The summed E-state index contributed by atoms with van der Waals surface area (Å²) >= 11 is 0. The number of nitrogens with zero attached hydrogens (tertiary/aromatic N) is 1. The average Bonchev–Trinajstić information content (AvgIpc) is 2.55. The molecule has 0 aliphatic heterocycles. The fourth-order valence-electron chi connectivity index (χ4n) is 2.76. The first-order valence-corrected chi connectivity index (χ1v) is 7.69. The van der Waals surface area contributed by atoms with Gasteiger partial charge in [-0.05, 0) is 31.5 Å². The Morgan fingerprint density at radius 1 is 1.04 bits per heavy atom. The minimum Gasteiger partial charge on any atom is -0.478 e. The molecule has 1 heterocycles. The lowest BCUT2D eigenvalue weighted by Crippen LogP contribution is -2.24. The molecule has 0 unspecified atom stereocenters. The number of pyridine rings is 1. The van der Waals surface area contributed by atoms with Crippen LogP contribution in [0.4, 0.5) is 11.5 Å². The number of carbonyl (C=O) groups is 2. The topological polar surface area (TPSA) is 137 Å². The van der Waals surface area contributed by atoms with Crippen molar-refractivity contribution in [1.29, 1.82) is 0 Å². The van der Waals surface area contributed by atoms with E-state index in [9.17, 15) is 24.6 Å². The Labute approximate surface area is 143 Å². The summed E-state index contributed by atoms with van der Waals surface area (Å²) in [7, 11) is 0. The van der Waals surface area contributed by atoms with Crippen LogP contribution in [0, 0.1) is 0 Å². The third kappa shape index (κ3) is 3.32. The Balaban J connectivity index is 2.75. The molecule has 0 radical (unpaired) electrons. The lowest BCUT2D eigenvalue weighted by atomic mass is 9.95. The first kappa shape index (κ1) is 18.1. The van der Waals surface area contributed by atoms with E-state index in [-0.39, 0.29) is 11.4 Å². The van der Waals surface area contributed by atoms with Gasteiger partial charge in [0.25, 0.3) is 5.56 Å². The fourth-order valence-corrected chi connectivity index (χ4v) is 2.76. The van der Waals surface area contributed by atoms with Crippen LogP contribution in [-0.4, -0.2) is 40.2 Å². The maximum absolute atomic E-state index is 12.0. The van der Waals surface area contributed by atoms with E-state index >= 15 is 0 Å². The van der Waals surface area contributed by atoms with Crippen LogP contribution in [0.15, 0.2) is 29.1 Å². The number of nitrogens with one attached hydrogen (secondary N) is 1. The van der Waals surface area contributed by atoms with Crippen molar-refractivity contribution in [2.75, 3.05) is 23.7 Å². The molecule has 0 aliphatic rings. The van der Waals surface area contributed by atoms with Gasteiger partial charge in [0.15, 0.2) is 0 Å². The van der Waals surface area contributed by atoms with E-state index in [1.165, 1.54) is 0 Å². The number of carboxylic acid groups (broad SMARTS) is 2. The van der Waals surface area contributed by atoms with Gasteiger partial charge in [0.2, 0.25) is 0 Å². The Kier molecular flexibility index (Phi) is 5.11. The van der Waals surface area contributed by atoms with E-state index in [4.69, 9.17) is 5.73 Å². The highest BCUT2D eigenvalue weighted by Crippen LogP contribution is 2.30. The second-order valence-electron chi connectivity index (χ2n) is 5.32. The van der Waals surface area contributed by atoms with Gasteiger partial charge in [-0.15, -0.1) is 0 Å². The molecule has 0 saturated heterocycles. The third-order valence-electron chi connectivity index (χ3n) is 3.96. The van der Waals surface area contributed by atoms with E-state index in [0.29, 0.717) is 5.56 Å². The van der Waals surface area contributed by atoms with Gasteiger partial charge < -0.3 is 25.8 Å². The summed E-state index contributed by atoms with van der Waals surface area (Å²) in [6.07, 6.45) is 0. The van der Waals surface area contributed by atoms with Crippen molar-refractivity contribution >= 4 is 23.4 Å². The molecule has 1 aromatic heterocycles. The number of carboxylic acids is 2. The molecule has 132 valence electrons. The highest BCUT2D eigenvalue weighted by Gasteiger charge is 2.26. The average molecular weight is 345 g/mol. The number of nitrogen functional groups attached to an aromatic ring is 1. The molecule has 2 aromatic rings. The van der Waals surface area contributed by atoms with Crippen molar-refractivity contribution in [2.24, 2.45) is 0 Å². The van der Waals surface area contributed by atoms with Crippen molar-refractivity contribution in [3.05, 3.63) is 45.7 Å². The molecule has 1 aromatic carbocycles. The molecule has 0 fully saturated rings. The molecule has 2 rings (SSSR count). The molecule has 0 spiro atoms. The number of H-pyrrole nitrogens is 1. The van der Waals surface area contributed by atoms with Crippen LogP contribution in [0.2, 0.25) is 0 Å². The first-order valence-electron chi connectivity index (χ1n) is 7.69. The standard InChI is InChI=1S/C17H19N3O5/c1-3-20(4-2)10-7-5-9(6-8-10)11-12(16(22)23)14(18)19-15(21)13(11)17(24)25/h5-8H,3-4H2,1-2H3,(H,22,23)(H,24,25)(H3,18,19,21). The third-order valence-corrected chi connectivity index (χ3v) is 3.96. The minimum absolute atomic E-state index is 0.202. The van der Waals surface area contributed by atoms with Crippen molar-refractivity contribution in [3.63, 3.8) is 0 Å². The number of nitrogens with two attached hydrogens (primary N) is 1. The van der Waals surface area contributed by atoms with Crippen molar-refractivity contribution < 1.29 is 19.8 Å². The molecule has 25 heavy (non-hydrogen) atoms. The van der Waals surface area contributed by atoms with E-state index < -0.39 is 28.6 Å². The number of aromatic nitrogens is 1. The quantitative estimate of drug-likeness (QED) is 0.627. The summed E-state index contributed by atoms with van der Waals surface area (Å²) in [5.41, 5.74) is 4.57. The number of benzene rings is 1. The number of rotatable bonds is 6. The summed E-state index contributed by atoms with van der Waals surface area (Å²) in [4.78, 5) is 39.2. The van der Waals surface area contributed by atoms with Crippen LogP contribution < -0.4 is 16.2 Å². The van der Waals surface area contributed by atoms with Gasteiger partial charge in [0.1, 0.15) is 16.9 Å². The van der Waals surface area contributed by atoms with Crippen LogP contribution >= 0.6 is 0 Å². The summed E-state index contributed by atoms with van der Waals surface area (Å²) in [5, 5.41) is 18.8. The van der Waals surface area contributed by atoms with Crippen molar-refractivity contribution in [2.45, 2.75) is 13.8 Å². The zero-order valence-electron chi connectivity index (χ0n) is 13.9. The Bertz CT molecular complexity index is 867. The van der Waals surface area contributed by atoms with E-state index in [0.717, 1.165) is 18.8 Å². The molecule has 0 aliphatic carbocycles. The number of aromatic amines is 1. The maximum Gasteiger partial charge on any atom is 0.342 e. The van der Waals surface area contributed by atoms with Gasteiger partial charge in [0.05, 0.1) is 0 Å². The number of anilines is 2. The fraction of sp³-hybridized carbons (Fsp3) is 0.235. The van der Waals surface area contributed by atoms with Crippen molar-refractivity contribution in [3.8, 4) is 11.1 Å². The van der Waals surface area contributed by atoms with Crippen molar-refractivity contribution in [1.82, 2.24) is 4.98 Å². The Morgan fingerprint density at radius 3 is 2.00 bits per heavy atom.